The van der Waals surface area contributed by atoms with Crippen LogP contribution in [0.5, 0.6) is 0 Å². The number of aromatic nitrogens is 1. The molecule has 0 amide bonds. The molecule has 0 fully saturated rings. The molecule has 0 saturated carbocycles. The average molecular weight is 218 g/mol. The van der Waals surface area contributed by atoms with E-state index in [-0.39, 0.29) is 4.90 Å². The van der Waals surface area contributed by atoms with Crippen LogP contribution in [0.15, 0.2) is 23.4 Å². The van der Waals surface area contributed by atoms with E-state index < -0.39 is 22.0 Å². The number of carbonyl (C=O) groups is 1. The molecule has 1 aromatic rings. The van der Waals surface area contributed by atoms with Gasteiger partial charge in [0.1, 0.15) is 6.04 Å². The van der Waals surface area contributed by atoms with Crippen molar-refractivity contribution in [3.05, 3.63) is 18.5 Å². The molecule has 0 radical (unpaired) electrons. The second-order valence-electron chi connectivity index (χ2n) is 2.73. The van der Waals surface area contributed by atoms with Crippen molar-refractivity contribution in [3.63, 3.8) is 0 Å². The van der Waals surface area contributed by atoms with Crippen LogP contribution in [0, 0.1) is 0 Å². The first-order valence-corrected chi connectivity index (χ1v) is 5.30. The Bertz CT molecular complexity index is 409. The first-order valence-electron chi connectivity index (χ1n) is 3.81. The molecule has 0 aliphatic rings. The number of aromatic amines is 1. The van der Waals surface area contributed by atoms with Crippen LogP contribution in [0.4, 0.5) is 0 Å². The topological polar surface area (TPSA) is 99.3 Å². The highest BCUT2D eigenvalue weighted by molar-refractivity contribution is 7.89. The van der Waals surface area contributed by atoms with Gasteiger partial charge in [-0.25, -0.2) is 8.42 Å². The van der Waals surface area contributed by atoms with Crippen LogP contribution >= 0.6 is 0 Å². The lowest BCUT2D eigenvalue weighted by Gasteiger charge is -2.08. The molecule has 1 heterocycles. The van der Waals surface area contributed by atoms with Crippen molar-refractivity contribution in [3.8, 4) is 0 Å². The highest BCUT2D eigenvalue weighted by Gasteiger charge is 2.21. The average Bonchev–Trinajstić information content (AvgIpc) is 2.54. The van der Waals surface area contributed by atoms with Gasteiger partial charge >= 0.3 is 5.97 Å². The second-order valence-corrected chi connectivity index (χ2v) is 4.44. The van der Waals surface area contributed by atoms with Crippen LogP contribution in [-0.2, 0) is 14.8 Å². The Morgan fingerprint density at radius 2 is 2.29 bits per heavy atom. The fourth-order valence-corrected chi connectivity index (χ4v) is 2.00. The summed E-state index contributed by atoms with van der Waals surface area (Å²) in [6.45, 7) is 1.26. The molecule has 7 heteroatoms. The van der Waals surface area contributed by atoms with E-state index in [2.05, 4.69) is 4.98 Å². The summed E-state index contributed by atoms with van der Waals surface area (Å²) in [6.07, 6.45) is 2.72. The molecule has 78 valence electrons. The Morgan fingerprint density at radius 3 is 2.71 bits per heavy atom. The zero-order valence-corrected chi connectivity index (χ0v) is 8.21. The van der Waals surface area contributed by atoms with Gasteiger partial charge in [-0.2, -0.15) is 4.72 Å². The lowest BCUT2D eigenvalue weighted by Crippen LogP contribution is -2.38. The van der Waals surface area contributed by atoms with Crippen molar-refractivity contribution in [1.29, 1.82) is 0 Å². The number of carboxylic acid groups (broad SMARTS) is 1. The Labute approximate surface area is 81.0 Å². The molecule has 0 aliphatic carbocycles. The Morgan fingerprint density at radius 1 is 1.64 bits per heavy atom. The molecular formula is C7H10N2O4S. The minimum atomic E-state index is -3.72. The fraction of sp³-hybridized carbons (Fsp3) is 0.286. The summed E-state index contributed by atoms with van der Waals surface area (Å²) in [7, 11) is -3.72. The van der Waals surface area contributed by atoms with Gasteiger partial charge in [-0.3, -0.25) is 4.79 Å². The lowest BCUT2D eigenvalue weighted by atomic mass is 10.4. The molecule has 1 atom stereocenters. The predicted octanol–water partition coefficient (Wildman–Crippen LogP) is -0.234. The third kappa shape index (κ3) is 2.33. The Hall–Kier alpha value is -1.34. The van der Waals surface area contributed by atoms with Gasteiger partial charge < -0.3 is 10.1 Å². The molecule has 0 unspecified atom stereocenters. The van der Waals surface area contributed by atoms with E-state index in [0.29, 0.717) is 0 Å². The maximum absolute atomic E-state index is 11.4. The molecule has 0 aromatic carbocycles. The predicted molar refractivity (Wildman–Crippen MR) is 48.2 cm³/mol. The van der Waals surface area contributed by atoms with Crippen molar-refractivity contribution < 1.29 is 18.3 Å². The van der Waals surface area contributed by atoms with Gasteiger partial charge in [-0.15, -0.1) is 0 Å². The summed E-state index contributed by atoms with van der Waals surface area (Å²) >= 11 is 0. The molecule has 3 N–H and O–H groups in total. The number of aliphatic carboxylic acids is 1. The van der Waals surface area contributed by atoms with E-state index in [1.807, 2.05) is 4.72 Å². The summed E-state index contributed by atoms with van der Waals surface area (Å²) in [5.74, 6) is -1.22. The number of nitrogens with one attached hydrogen (secondary N) is 2. The van der Waals surface area contributed by atoms with Gasteiger partial charge in [0, 0.05) is 12.4 Å². The van der Waals surface area contributed by atoms with Crippen molar-refractivity contribution in [2.75, 3.05) is 0 Å². The summed E-state index contributed by atoms with van der Waals surface area (Å²) in [6, 6.07) is 0.201. The largest absolute Gasteiger partial charge is 0.480 e. The van der Waals surface area contributed by atoms with Gasteiger partial charge in [0.05, 0.1) is 4.90 Å². The number of hydrogen-bond acceptors (Lipinski definition) is 3. The molecule has 1 aromatic heterocycles. The van der Waals surface area contributed by atoms with Crippen molar-refractivity contribution in [2.45, 2.75) is 17.9 Å². The van der Waals surface area contributed by atoms with Crippen molar-refractivity contribution in [2.24, 2.45) is 0 Å². The van der Waals surface area contributed by atoms with Gasteiger partial charge in [0.15, 0.2) is 0 Å². The van der Waals surface area contributed by atoms with Crippen molar-refractivity contribution in [1.82, 2.24) is 9.71 Å². The number of rotatable bonds is 4. The van der Waals surface area contributed by atoms with Crippen LogP contribution in [0.2, 0.25) is 0 Å². The van der Waals surface area contributed by atoms with Crippen LogP contribution in [-0.4, -0.2) is 30.5 Å². The van der Waals surface area contributed by atoms with E-state index in [1.54, 1.807) is 0 Å². The van der Waals surface area contributed by atoms with E-state index in [4.69, 9.17) is 5.11 Å². The minimum absolute atomic E-state index is 0.0191. The molecule has 14 heavy (non-hydrogen) atoms. The lowest BCUT2D eigenvalue weighted by molar-refractivity contribution is -0.138. The number of hydrogen-bond donors (Lipinski definition) is 3. The number of sulfonamides is 1. The monoisotopic (exact) mass is 218 g/mol. The van der Waals surface area contributed by atoms with E-state index in [9.17, 15) is 13.2 Å². The van der Waals surface area contributed by atoms with Crippen LogP contribution in [0.1, 0.15) is 6.92 Å². The molecule has 1 rings (SSSR count). The summed E-state index contributed by atoms with van der Waals surface area (Å²) in [4.78, 5) is 13.0. The van der Waals surface area contributed by atoms with Crippen LogP contribution in [0.25, 0.3) is 0 Å². The molecule has 0 saturated heterocycles. The number of carboxylic acids is 1. The van der Waals surface area contributed by atoms with Gasteiger partial charge in [0.2, 0.25) is 10.0 Å². The molecular weight excluding hydrogens is 208 g/mol. The van der Waals surface area contributed by atoms with Crippen LogP contribution < -0.4 is 4.72 Å². The maximum Gasteiger partial charge on any atom is 0.321 e. The first kappa shape index (κ1) is 10.7. The van der Waals surface area contributed by atoms with Crippen molar-refractivity contribution >= 4 is 16.0 Å². The Kier molecular flexibility index (Phi) is 2.92. The standard InChI is InChI=1S/C7H10N2O4S/c1-5(7(10)11)9-14(12,13)6-2-3-8-4-6/h2-5,8-9H,1H3,(H,10,11)/t5-/m1/s1. The summed E-state index contributed by atoms with van der Waals surface area (Å²) < 4.78 is 24.8. The smallest absolute Gasteiger partial charge is 0.321 e. The normalized spacial score (nSPS) is 13.8. The van der Waals surface area contributed by atoms with E-state index >= 15 is 0 Å². The first-order chi connectivity index (χ1) is 6.43. The van der Waals surface area contributed by atoms with Gasteiger partial charge in [-0.05, 0) is 13.0 Å². The second kappa shape index (κ2) is 3.81. The number of H-pyrrole nitrogens is 1. The van der Waals surface area contributed by atoms with E-state index in [0.717, 1.165) is 0 Å². The third-order valence-corrected chi connectivity index (χ3v) is 3.12. The molecule has 0 aliphatic heterocycles. The highest BCUT2D eigenvalue weighted by atomic mass is 32.2. The van der Waals surface area contributed by atoms with Gasteiger partial charge in [0.25, 0.3) is 0 Å². The Balaban J connectivity index is 2.84. The SMILES string of the molecule is C[C@@H](NS(=O)(=O)c1cc[nH]c1)C(=O)O. The van der Waals surface area contributed by atoms with Crippen LogP contribution in [0.3, 0.4) is 0 Å². The van der Waals surface area contributed by atoms with E-state index in [1.165, 1.54) is 25.4 Å². The zero-order chi connectivity index (χ0) is 10.8. The third-order valence-electron chi connectivity index (χ3n) is 1.58. The maximum atomic E-state index is 11.4. The quantitative estimate of drug-likeness (QED) is 0.649. The highest BCUT2D eigenvalue weighted by Crippen LogP contribution is 2.06. The minimum Gasteiger partial charge on any atom is -0.480 e. The molecule has 0 bridgehead atoms. The molecule has 6 nitrogen and oxygen atoms in total. The summed E-state index contributed by atoms with van der Waals surface area (Å²) in [5, 5.41) is 8.51. The zero-order valence-electron chi connectivity index (χ0n) is 7.39. The molecule has 0 spiro atoms. The van der Waals surface area contributed by atoms with Gasteiger partial charge in [-0.1, -0.05) is 0 Å². The summed E-state index contributed by atoms with van der Waals surface area (Å²) in [5.41, 5.74) is 0. The fourth-order valence-electron chi connectivity index (χ4n) is 0.827.